The minimum absolute atomic E-state index is 0.0460. The Bertz CT molecular complexity index is 2930. The lowest BCUT2D eigenvalue weighted by atomic mass is 9.65. The highest BCUT2D eigenvalue weighted by Crippen LogP contribution is 2.65. The summed E-state index contributed by atoms with van der Waals surface area (Å²) in [6.45, 7) is 7.14. The van der Waals surface area contributed by atoms with Crippen LogP contribution in [-0.4, -0.2) is 102 Å². The zero-order chi connectivity index (χ0) is 51.7. The maximum atomic E-state index is 15.1. The van der Waals surface area contributed by atoms with Crippen LogP contribution in [0.15, 0.2) is 146 Å². The number of aliphatic hydroxyl groups is 1. The number of amides is 3. The molecule has 0 unspecified atom stereocenters. The molecule has 3 N–H and O–H groups in total. The number of para-hydroxylation sites is 1. The van der Waals surface area contributed by atoms with Crippen molar-refractivity contribution in [2.24, 2.45) is 17.8 Å². The van der Waals surface area contributed by atoms with Crippen LogP contribution in [0.3, 0.4) is 0 Å². The van der Waals surface area contributed by atoms with Crippen LogP contribution in [-0.2, 0) is 48.4 Å². The van der Waals surface area contributed by atoms with Crippen LogP contribution in [0.2, 0.25) is 0 Å². The molecule has 4 fully saturated rings. The highest BCUT2D eigenvalue weighted by molar-refractivity contribution is 6.11. The molecule has 4 saturated heterocycles. The monoisotopic (exact) mass is 1000 g/mol. The highest BCUT2D eigenvalue weighted by atomic mass is 16.6. The SMILES string of the molecule is C=CCOC(=O)[C@@H]1[C@H]2C(=O)O[C@H](c3ccccc3)[C@H](c3ccccc3)N2[C@H](c2ccc(OCCOC(=O)[C@H]3C[C@H]4C(=O)N[C@@H](CC(C)C)C(=O)N4[C@H]3c3cccc(OCCO)c3)cc2)[C@@]12C(=O)Nc1ccccc12. The van der Waals surface area contributed by atoms with Gasteiger partial charge in [-0.3, -0.25) is 33.7 Å². The van der Waals surface area contributed by atoms with Gasteiger partial charge in [0, 0.05) is 5.69 Å². The number of nitrogens with one attached hydrogen (secondary N) is 2. The number of ether oxygens (including phenoxy) is 5. The summed E-state index contributed by atoms with van der Waals surface area (Å²) in [7, 11) is 0. The number of carbonyl (C=O) groups is 6. The van der Waals surface area contributed by atoms with E-state index in [2.05, 4.69) is 17.2 Å². The van der Waals surface area contributed by atoms with Crippen LogP contribution in [0.25, 0.3) is 0 Å². The predicted molar refractivity (Wildman–Crippen MR) is 269 cm³/mol. The number of aliphatic hydroxyl groups excluding tert-OH is 1. The van der Waals surface area contributed by atoms with Crippen molar-refractivity contribution in [2.75, 3.05) is 38.4 Å². The predicted octanol–water partition coefficient (Wildman–Crippen LogP) is 6.48. The van der Waals surface area contributed by atoms with Crippen LogP contribution >= 0.6 is 0 Å². The Labute approximate surface area is 428 Å². The summed E-state index contributed by atoms with van der Waals surface area (Å²) in [5.74, 6) is -4.41. The van der Waals surface area contributed by atoms with Gasteiger partial charge in [0.1, 0.15) is 73.5 Å². The molecule has 0 aromatic heterocycles. The molecule has 0 radical (unpaired) electrons. The Balaban J connectivity index is 0.950. The third-order valence-corrected chi connectivity index (χ3v) is 14.8. The summed E-state index contributed by atoms with van der Waals surface area (Å²) in [4.78, 5) is 90.0. The first-order valence-electron chi connectivity index (χ1n) is 25.1. The van der Waals surface area contributed by atoms with Crippen molar-refractivity contribution in [3.8, 4) is 11.5 Å². The number of carbonyl (C=O) groups excluding carboxylic acids is 6. The molecular weight excluding hydrogens is 945 g/mol. The Hall–Kier alpha value is -7.82. The number of hydrogen-bond acceptors (Lipinski definition) is 13. The van der Waals surface area contributed by atoms with Crippen LogP contribution in [0.1, 0.15) is 78.7 Å². The Morgan fingerprint density at radius 1 is 0.757 bits per heavy atom. The first-order valence-corrected chi connectivity index (χ1v) is 25.1. The minimum atomic E-state index is -1.70. The summed E-state index contributed by atoms with van der Waals surface area (Å²) >= 11 is 0. The van der Waals surface area contributed by atoms with Gasteiger partial charge in [-0.2, -0.15) is 0 Å². The van der Waals surface area contributed by atoms with Gasteiger partial charge in [0.05, 0.1) is 30.7 Å². The molecule has 0 saturated carbocycles. The molecule has 16 nitrogen and oxygen atoms in total. The molecule has 5 aliphatic rings. The van der Waals surface area contributed by atoms with Crippen LogP contribution in [0, 0.1) is 17.8 Å². The molecule has 382 valence electrons. The lowest BCUT2D eigenvalue weighted by Gasteiger charge is -2.46. The number of cyclic esters (lactones) is 1. The van der Waals surface area contributed by atoms with Gasteiger partial charge in [0.15, 0.2) is 0 Å². The molecule has 1 spiro atoms. The minimum Gasteiger partial charge on any atom is -0.491 e. The van der Waals surface area contributed by atoms with Crippen LogP contribution < -0.4 is 20.1 Å². The number of fused-ring (bicyclic) bond motifs is 4. The van der Waals surface area contributed by atoms with E-state index in [0.29, 0.717) is 40.3 Å². The first-order chi connectivity index (χ1) is 36.0. The third kappa shape index (κ3) is 8.85. The standard InChI is InChI=1S/C58H58N4O12/c1-4-27-72-55(67)46-49-56(68)74-50(36-16-9-6-10-17-36)48(35-14-7-5-8-15-35)62(49)51(58(46)42-20-11-12-21-43(42)60-57(58)69)37-22-24-39(25-23-37)71-29-30-73-54(66)41-33-45-52(64)59-44(31-34(2)3)53(65)61(45)47(41)38-18-13-19-40(32-38)70-28-26-63/h4-25,32,34,41,44-51,63H,1,26-31,33H2,2-3H3,(H,59,64)(H,60,69)/t41-,44-,45-,46-,47-,48-,49-,50+,51+,58-/m0/s1. The molecule has 5 heterocycles. The molecule has 0 bridgehead atoms. The second-order valence-electron chi connectivity index (χ2n) is 19.7. The second-order valence-corrected chi connectivity index (χ2v) is 19.7. The zero-order valence-corrected chi connectivity index (χ0v) is 41.0. The number of esters is 3. The largest absolute Gasteiger partial charge is 0.491 e. The van der Waals surface area contributed by atoms with Crippen LogP contribution in [0.5, 0.6) is 11.5 Å². The summed E-state index contributed by atoms with van der Waals surface area (Å²) in [6.07, 6.45) is 1.07. The molecule has 5 aromatic rings. The van der Waals surface area contributed by atoms with Crippen molar-refractivity contribution in [2.45, 2.75) is 74.5 Å². The molecule has 0 aliphatic carbocycles. The summed E-state index contributed by atoms with van der Waals surface area (Å²) in [5.41, 5.74) is 2.06. The summed E-state index contributed by atoms with van der Waals surface area (Å²) in [5, 5.41) is 15.3. The van der Waals surface area contributed by atoms with E-state index in [4.69, 9.17) is 23.7 Å². The van der Waals surface area contributed by atoms with E-state index in [1.54, 1.807) is 54.6 Å². The number of morpholine rings is 1. The van der Waals surface area contributed by atoms with Crippen molar-refractivity contribution < 1.29 is 57.6 Å². The molecule has 5 aromatic carbocycles. The quantitative estimate of drug-likeness (QED) is 0.0396. The lowest BCUT2D eigenvalue weighted by Crippen LogP contribution is -2.61. The van der Waals surface area contributed by atoms with Gasteiger partial charge in [-0.1, -0.05) is 130 Å². The molecule has 10 atom stereocenters. The molecule has 16 heteroatoms. The van der Waals surface area contributed by atoms with Crippen molar-refractivity contribution in [3.63, 3.8) is 0 Å². The topological polar surface area (TPSA) is 199 Å². The van der Waals surface area contributed by atoms with E-state index in [1.165, 1.54) is 11.0 Å². The Morgan fingerprint density at radius 2 is 1.45 bits per heavy atom. The van der Waals surface area contributed by atoms with E-state index in [-0.39, 0.29) is 57.2 Å². The van der Waals surface area contributed by atoms with E-state index in [9.17, 15) is 29.1 Å². The van der Waals surface area contributed by atoms with Crippen molar-refractivity contribution >= 4 is 41.3 Å². The zero-order valence-electron chi connectivity index (χ0n) is 41.0. The average Bonchev–Trinajstić information content (AvgIpc) is 4.09. The Kier molecular flexibility index (Phi) is 14.1. The summed E-state index contributed by atoms with van der Waals surface area (Å²) in [6, 6.07) is 34.8. The number of piperazine rings is 1. The number of benzene rings is 5. The molecule has 3 amide bonds. The average molecular weight is 1000 g/mol. The Morgan fingerprint density at radius 3 is 2.16 bits per heavy atom. The number of rotatable bonds is 17. The smallest absolute Gasteiger partial charge is 0.325 e. The van der Waals surface area contributed by atoms with E-state index < -0.39 is 83.4 Å². The van der Waals surface area contributed by atoms with Crippen molar-refractivity contribution in [1.82, 2.24) is 15.1 Å². The van der Waals surface area contributed by atoms with Gasteiger partial charge in [-0.15, -0.1) is 0 Å². The molecule has 74 heavy (non-hydrogen) atoms. The lowest BCUT2D eigenvalue weighted by molar-refractivity contribution is -0.180. The van der Waals surface area contributed by atoms with E-state index in [1.807, 2.05) is 97.6 Å². The van der Waals surface area contributed by atoms with Crippen LogP contribution in [0.4, 0.5) is 5.69 Å². The maximum absolute atomic E-state index is 15.1. The normalized spacial score (nSPS) is 26.9. The number of anilines is 1. The third-order valence-electron chi connectivity index (χ3n) is 14.8. The number of hydrogen-bond donors (Lipinski definition) is 3. The summed E-state index contributed by atoms with van der Waals surface area (Å²) < 4.78 is 30.0. The molecule has 5 aliphatic heterocycles. The van der Waals surface area contributed by atoms with Gasteiger partial charge in [0.25, 0.3) is 0 Å². The fraction of sp³-hybridized carbons (Fsp3) is 0.345. The van der Waals surface area contributed by atoms with Crippen molar-refractivity contribution in [3.05, 3.63) is 174 Å². The molecule has 10 rings (SSSR count). The number of nitrogens with zero attached hydrogens (tertiary/aromatic N) is 2. The van der Waals surface area contributed by atoms with Gasteiger partial charge in [-0.25, -0.2) is 0 Å². The van der Waals surface area contributed by atoms with Gasteiger partial charge < -0.3 is 44.3 Å². The fourth-order valence-electron chi connectivity index (χ4n) is 12.0. The van der Waals surface area contributed by atoms with E-state index >= 15 is 4.79 Å². The van der Waals surface area contributed by atoms with Gasteiger partial charge in [0.2, 0.25) is 17.7 Å². The fourth-order valence-corrected chi connectivity index (χ4v) is 12.0. The van der Waals surface area contributed by atoms with Gasteiger partial charge >= 0.3 is 17.9 Å². The van der Waals surface area contributed by atoms with Crippen molar-refractivity contribution in [1.29, 1.82) is 0 Å². The highest BCUT2D eigenvalue weighted by Gasteiger charge is 2.74. The second kappa shape index (κ2) is 21.0. The molecular formula is C58H58N4O12. The maximum Gasteiger partial charge on any atom is 0.325 e. The first kappa shape index (κ1) is 49.7. The van der Waals surface area contributed by atoms with E-state index in [0.717, 1.165) is 11.1 Å². The van der Waals surface area contributed by atoms with Gasteiger partial charge in [-0.05, 0) is 76.9 Å².